The summed E-state index contributed by atoms with van der Waals surface area (Å²) in [6, 6.07) is 62.1. The molecule has 0 amide bonds. The molecule has 0 unspecified atom stereocenters. The molecular formula is C71H79N. The first-order valence-electron chi connectivity index (χ1n) is 25.9. The molecule has 1 heteroatoms. The van der Waals surface area contributed by atoms with Crippen molar-refractivity contribution in [2.45, 2.75) is 95.4 Å². The number of nitrogens with zero attached hydrogens (tertiary/aromatic N) is 1. The summed E-state index contributed by atoms with van der Waals surface area (Å²) >= 11 is 0. The van der Waals surface area contributed by atoms with Gasteiger partial charge in [-0.25, -0.2) is 4.99 Å². The molecule has 0 saturated carbocycles. The first-order chi connectivity index (χ1) is 35.1. The van der Waals surface area contributed by atoms with Gasteiger partial charge < -0.3 is 0 Å². The summed E-state index contributed by atoms with van der Waals surface area (Å²) in [5.41, 5.74) is 22.2. The topological polar surface area (TPSA) is 12.4 Å². The van der Waals surface area contributed by atoms with Crippen LogP contribution in [0.1, 0.15) is 111 Å². The monoisotopic (exact) mass is 946 g/mol. The zero-order valence-electron chi connectivity index (χ0n) is 45.2. The third kappa shape index (κ3) is 18.0. The molecule has 7 aromatic rings. The van der Waals surface area contributed by atoms with Crippen LogP contribution in [0.2, 0.25) is 0 Å². The lowest BCUT2D eigenvalue weighted by Gasteiger charge is -2.17. The molecule has 0 atom stereocenters. The molecule has 72 heavy (non-hydrogen) atoms. The highest BCUT2D eigenvalue weighted by atomic mass is 14.8. The molecule has 0 N–H and O–H groups in total. The highest BCUT2D eigenvalue weighted by molar-refractivity contribution is 6.11. The van der Waals surface area contributed by atoms with Crippen molar-refractivity contribution < 1.29 is 0 Å². The summed E-state index contributed by atoms with van der Waals surface area (Å²) in [7, 11) is 0. The van der Waals surface area contributed by atoms with Crippen LogP contribution in [-0.4, -0.2) is 5.71 Å². The van der Waals surface area contributed by atoms with Gasteiger partial charge >= 0.3 is 0 Å². The van der Waals surface area contributed by atoms with Crippen LogP contribution in [0.25, 0.3) is 39.1 Å². The van der Waals surface area contributed by atoms with E-state index in [2.05, 4.69) is 212 Å². The molecule has 0 spiro atoms. The number of aliphatic imine (C=N–C) groups is 1. The Morgan fingerprint density at radius 1 is 0.500 bits per heavy atom. The van der Waals surface area contributed by atoms with Crippen LogP contribution in [0.3, 0.4) is 0 Å². The number of aryl methyl sites for hydroxylation is 5. The molecule has 0 fully saturated rings. The maximum Gasteiger partial charge on any atom is 0.0711 e. The van der Waals surface area contributed by atoms with E-state index in [1.54, 1.807) is 0 Å². The van der Waals surface area contributed by atoms with E-state index in [1.807, 2.05) is 101 Å². The molecule has 0 bridgehead atoms. The maximum absolute atomic E-state index is 5.01. The minimum atomic E-state index is 0.754. The smallest absolute Gasteiger partial charge is 0.0711 e. The molecule has 0 aromatic heterocycles. The summed E-state index contributed by atoms with van der Waals surface area (Å²) in [6.07, 6.45) is 22.0. The van der Waals surface area contributed by atoms with E-state index in [1.165, 1.54) is 72.3 Å². The Bertz CT molecular complexity index is 2960. The van der Waals surface area contributed by atoms with E-state index in [0.717, 1.165) is 47.4 Å². The first kappa shape index (κ1) is 57.0. The van der Waals surface area contributed by atoms with Gasteiger partial charge in [0.2, 0.25) is 0 Å². The number of hydrogen-bond donors (Lipinski definition) is 0. The zero-order chi connectivity index (χ0) is 52.1. The maximum atomic E-state index is 5.01. The number of allylic oxidation sites excluding steroid dienone is 12. The molecule has 0 radical (unpaired) electrons. The SMILES string of the molecule is C=C(N=C(/C=C(C)/C=C/C=C\C=C/C)c1ccccc1)c1cccc(C2=CC=C(c3ccccc3C)CC2)c1.CC.CC.CCc1ccccc1-c1cc(-c2ccc(C)cc2)ccc1C.Cc1ccccc1. The van der Waals surface area contributed by atoms with E-state index >= 15 is 0 Å². The van der Waals surface area contributed by atoms with E-state index in [4.69, 9.17) is 4.99 Å². The average molecular weight is 946 g/mol. The van der Waals surface area contributed by atoms with Gasteiger partial charge in [-0.3, -0.25) is 0 Å². The average Bonchev–Trinajstić information content (AvgIpc) is 3.43. The van der Waals surface area contributed by atoms with Gasteiger partial charge in [-0.15, -0.1) is 0 Å². The van der Waals surface area contributed by atoms with Crippen molar-refractivity contribution in [1.82, 2.24) is 0 Å². The van der Waals surface area contributed by atoms with Gasteiger partial charge in [0.25, 0.3) is 0 Å². The van der Waals surface area contributed by atoms with Gasteiger partial charge in [-0.05, 0) is 146 Å². The normalized spacial score (nSPS) is 12.3. The lowest BCUT2D eigenvalue weighted by Crippen LogP contribution is -1.99. The Labute approximate surface area is 435 Å². The third-order valence-corrected chi connectivity index (χ3v) is 12.0. The second-order valence-corrected chi connectivity index (χ2v) is 17.3. The summed E-state index contributed by atoms with van der Waals surface area (Å²) in [5.74, 6) is 0. The summed E-state index contributed by atoms with van der Waals surface area (Å²) in [4.78, 5) is 5.01. The molecule has 1 nitrogen and oxygen atoms in total. The predicted octanol–water partition coefficient (Wildman–Crippen LogP) is 20.6. The van der Waals surface area contributed by atoms with Gasteiger partial charge in [-0.1, -0.05) is 265 Å². The van der Waals surface area contributed by atoms with Crippen LogP contribution < -0.4 is 0 Å². The lowest BCUT2D eigenvalue weighted by atomic mass is 9.88. The van der Waals surface area contributed by atoms with E-state index in [0.29, 0.717) is 0 Å². The Morgan fingerprint density at radius 2 is 1.06 bits per heavy atom. The number of rotatable bonds is 12. The molecule has 0 saturated heterocycles. The largest absolute Gasteiger partial charge is 0.248 e. The van der Waals surface area contributed by atoms with Crippen LogP contribution >= 0.6 is 0 Å². The number of benzene rings is 7. The number of hydrogen-bond acceptors (Lipinski definition) is 1. The Kier molecular flexibility index (Phi) is 25.0. The molecule has 0 heterocycles. The van der Waals surface area contributed by atoms with E-state index < -0.39 is 0 Å². The molecule has 7 aromatic carbocycles. The Morgan fingerprint density at radius 3 is 1.68 bits per heavy atom. The van der Waals surface area contributed by atoms with Crippen molar-refractivity contribution in [3.63, 3.8) is 0 Å². The van der Waals surface area contributed by atoms with Crippen LogP contribution in [0.4, 0.5) is 0 Å². The second-order valence-electron chi connectivity index (χ2n) is 17.3. The van der Waals surface area contributed by atoms with Gasteiger partial charge in [0.15, 0.2) is 0 Å². The second kappa shape index (κ2) is 31.6. The Hall–Kier alpha value is -7.61. The van der Waals surface area contributed by atoms with Crippen LogP contribution in [0.5, 0.6) is 0 Å². The summed E-state index contributed by atoms with van der Waals surface area (Å²) in [6.45, 7) is 27.3. The molecule has 368 valence electrons. The molecule has 8 rings (SSSR count). The lowest BCUT2D eigenvalue weighted by molar-refractivity contribution is 1.07. The molecular weight excluding hydrogens is 867 g/mol. The zero-order valence-corrected chi connectivity index (χ0v) is 45.2. The van der Waals surface area contributed by atoms with Crippen molar-refractivity contribution in [3.8, 4) is 22.3 Å². The van der Waals surface area contributed by atoms with Crippen molar-refractivity contribution in [2.75, 3.05) is 0 Å². The van der Waals surface area contributed by atoms with Crippen molar-refractivity contribution >= 4 is 22.6 Å². The minimum Gasteiger partial charge on any atom is -0.248 e. The van der Waals surface area contributed by atoms with Gasteiger partial charge in [-0.2, -0.15) is 0 Å². The van der Waals surface area contributed by atoms with Crippen LogP contribution in [0.15, 0.2) is 248 Å². The Balaban J connectivity index is 0.000000283. The first-order valence-corrected chi connectivity index (χ1v) is 25.9. The highest BCUT2D eigenvalue weighted by Crippen LogP contribution is 2.35. The molecule has 1 aliphatic carbocycles. The quantitative estimate of drug-likeness (QED) is 0.0855. The van der Waals surface area contributed by atoms with Crippen molar-refractivity contribution in [3.05, 3.63) is 293 Å². The van der Waals surface area contributed by atoms with Gasteiger partial charge in [0.05, 0.1) is 11.4 Å². The van der Waals surface area contributed by atoms with E-state index in [-0.39, 0.29) is 0 Å². The van der Waals surface area contributed by atoms with Crippen LogP contribution in [-0.2, 0) is 6.42 Å². The summed E-state index contributed by atoms with van der Waals surface area (Å²) < 4.78 is 0. The minimum absolute atomic E-state index is 0.754. The van der Waals surface area contributed by atoms with Crippen LogP contribution in [0, 0.1) is 27.7 Å². The fourth-order valence-corrected chi connectivity index (χ4v) is 8.11. The van der Waals surface area contributed by atoms with Gasteiger partial charge in [0, 0.05) is 11.1 Å². The van der Waals surface area contributed by atoms with Crippen molar-refractivity contribution in [1.29, 1.82) is 0 Å². The fraction of sp³-hybridized carbons (Fsp3) is 0.197. The highest BCUT2D eigenvalue weighted by Gasteiger charge is 2.13. The standard InChI is InChI=1S/C38H37N.C22H22.C7H8.2C2H6/c1-5-6-7-8-10-16-29(2)27-38(34-18-11-9-12-19-34)39-31(4)35-20-15-21-36(28-35)32-23-25-33(26-24-32)37-22-14-13-17-30(37)3;1-4-18-7-5-6-8-21(18)22-15-20(14-11-17(22)3)19-12-9-16(2)10-13-19;1-7-5-3-2-4-6-7;2*1-2/h5-23,25,27-28H,4,24,26H2,1-3H3;5-15H,4H2,1-3H3;2-6H,1H3;2*1-2H3/b6-5-,8-7-,16-10+,29-27+,39-38?;;;;. The van der Waals surface area contributed by atoms with Gasteiger partial charge in [0.1, 0.15) is 0 Å². The predicted molar refractivity (Wildman–Crippen MR) is 322 cm³/mol. The molecule has 1 aliphatic rings. The molecule has 0 aliphatic heterocycles. The van der Waals surface area contributed by atoms with E-state index in [9.17, 15) is 0 Å². The van der Waals surface area contributed by atoms with Crippen molar-refractivity contribution in [2.24, 2.45) is 4.99 Å². The third-order valence-electron chi connectivity index (χ3n) is 12.0. The fourth-order valence-electron chi connectivity index (χ4n) is 8.11. The summed E-state index contributed by atoms with van der Waals surface area (Å²) in [5, 5.41) is 0.